The molecule has 1 aromatic heterocycles. The van der Waals surface area contributed by atoms with Crippen LogP contribution in [0.5, 0.6) is 0 Å². The Kier molecular flexibility index (Phi) is 3.00. The lowest BCUT2D eigenvalue weighted by atomic mass is 10.2. The Morgan fingerprint density at radius 1 is 1.56 bits per heavy atom. The monoisotopic (exact) mass is 243 g/mol. The van der Waals surface area contributed by atoms with Crippen molar-refractivity contribution in [1.29, 1.82) is 0 Å². The largest absolute Gasteiger partial charge is 0.469 e. The first kappa shape index (κ1) is 11.2. The van der Waals surface area contributed by atoms with E-state index >= 15 is 0 Å². The Balaban J connectivity index is 1.85. The summed E-state index contributed by atoms with van der Waals surface area (Å²) in [4.78, 5) is 11.5. The molecule has 0 spiro atoms. The molecular weight excluding hydrogens is 230 g/mol. The van der Waals surface area contributed by atoms with E-state index in [1.54, 1.807) is 12.1 Å². The number of sulfone groups is 1. The van der Waals surface area contributed by atoms with E-state index < -0.39 is 9.84 Å². The molecule has 88 valence electrons. The van der Waals surface area contributed by atoms with Crippen LogP contribution in [0.1, 0.15) is 12.2 Å². The zero-order valence-electron chi connectivity index (χ0n) is 8.68. The molecule has 0 aromatic carbocycles. The normalized spacial score (nSPS) is 23.1. The van der Waals surface area contributed by atoms with Gasteiger partial charge in [-0.25, -0.2) is 8.42 Å². The van der Waals surface area contributed by atoms with Crippen LogP contribution in [0.2, 0.25) is 0 Å². The third kappa shape index (κ3) is 2.85. The van der Waals surface area contributed by atoms with Crippen molar-refractivity contribution in [3.8, 4) is 0 Å². The first-order valence-electron chi connectivity index (χ1n) is 5.07. The van der Waals surface area contributed by atoms with Crippen LogP contribution in [0.4, 0.5) is 0 Å². The smallest absolute Gasteiger partial charge is 0.227 e. The van der Waals surface area contributed by atoms with Gasteiger partial charge in [0.2, 0.25) is 5.91 Å². The van der Waals surface area contributed by atoms with Crippen LogP contribution in [0.3, 0.4) is 0 Å². The van der Waals surface area contributed by atoms with Gasteiger partial charge in [0.15, 0.2) is 9.84 Å². The second kappa shape index (κ2) is 4.29. The van der Waals surface area contributed by atoms with Crippen molar-refractivity contribution in [3.05, 3.63) is 24.2 Å². The summed E-state index contributed by atoms with van der Waals surface area (Å²) in [5, 5.41) is 2.69. The quantitative estimate of drug-likeness (QED) is 0.818. The lowest BCUT2D eigenvalue weighted by Crippen LogP contribution is -2.36. The van der Waals surface area contributed by atoms with Crippen molar-refractivity contribution in [1.82, 2.24) is 5.32 Å². The molecule has 5 nitrogen and oxygen atoms in total. The maximum absolute atomic E-state index is 11.5. The summed E-state index contributed by atoms with van der Waals surface area (Å²) >= 11 is 0. The zero-order chi connectivity index (χ0) is 11.6. The summed E-state index contributed by atoms with van der Waals surface area (Å²) in [6.45, 7) is 0. The van der Waals surface area contributed by atoms with Crippen molar-refractivity contribution in [2.45, 2.75) is 18.9 Å². The van der Waals surface area contributed by atoms with E-state index in [-0.39, 0.29) is 29.9 Å². The van der Waals surface area contributed by atoms with Gasteiger partial charge in [0, 0.05) is 6.04 Å². The molecule has 1 aliphatic rings. The minimum Gasteiger partial charge on any atom is -0.469 e. The molecule has 16 heavy (non-hydrogen) atoms. The Labute approximate surface area is 93.7 Å². The molecular formula is C10H13NO4S. The third-order valence-corrected chi connectivity index (χ3v) is 4.28. The number of carbonyl (C=O) groups is 1. The Bertz CT molecular complexity index is 463. The maximum atomic E-state index is 11.5. The molecule has 0 aliphatic carbocycles. The number of hydrogen-bond donors (Lipinski definition) is 1. The van der Waals surface area contributed by atoms with Gasteiger partial charge in [-0.1, -0.05) is 0 Å². The van der Waals surface area contributed by atoms with Gasteiger partial charge < -0.3 is 9.73 Å². The van der Waals surface area contributed by atoms with Gasteiger partial charge in [-0.2, -0.15) is 0 Å². The van der Waals surface area contributed by atoms with Crippen LogP contribution in [0, 0.1) is 0 Å². The second-order valence-electron chi connectivity index (χ2n) is 3.92. The lowest BCUT2D eigenvalue weighted by molar-refractivity contribution is -0.121. The average molecular weight is 243 g/mol. The van der Waals surface area contributed by atoms with E-state index in [4.69, 9.17) is 4.42 Å². The molecule has 1 aromatic rings. The first-order chi connectivity index (χ1) is 7.55. The molecule has 0 bridgehead atoms. The lowest BCUT2D eigenvalue weighted by Gasteiger charge is -2.09. The molecule has 1 fully saturated rings. The summed E-state index contributed by atoms with van der Waals surface area (Å²) in [7, 11) is -2.94. The number of amides is 1. The van der Waals surface area contributed by atoms with Gasteiger partial charge >= 0.3 is 0 Å². The van der Waals surface area contributed by atoms with E-state index in [9.17, 15) is 13.2 Å². The van der Waals surface area contributed by atoms with Gasteiger partial charge in [-0.3, -0.25) is 4.79 Å². The van der Waals surface area contributed by atoms with Gasteiger partial charge in [-0.05, 0) is 18.6 Å². The summed E-state index contributed by atoms with van der Waals surface area (Å²) < 4.78 is 27.4. The fourth-order valence-corrected chi connectivity index (χ4v) is 3.43. The molecule has 1 N–H and O–H groups in total. The summed E-state index contributed by atoms with van der Waals surface area (Å²) in [5.41, 5.74) is 0. The molecule has 0 saturated carbocycles. The van der Waals surface area contributed by atoms with E-state index in [1.807, 2.05) is 0 Å². The molecule has 1 saturated heterocycles. The van der Waals surface area contributed by atoms with Crippen LogP contribution in [-0.2, 0) is 21.1 Å². The molecule has 1 aliphatic heterocycles. The molecule has 1 amide bonds. The van der Waals surface area contributed by atoms with Crippen molar-refractivity contribution >= 4 is 15.7 Å². The molecule has 1 unspecified atom stereocenters. The van der Waals surface area contributed by atoms with Gasteiger partial charge in [-0.15, -0.1) is 0 Å². The van der Waals surface area contributed by atoms with Crippen LogP contribution in [-0.4, -0.2) is 31.9 Å². The van der Waals surface area contributed by atoms with E-state index in [2.05, 4.69) is 5.32 Å². The minimum atomic E-state index is -2.94. The van der Waals surface area contributed by atoms with Crippen molar-refractivity contribution in [3.63, 3.8) is 0 Å². The highest BCUT2D eigenvalue weighted by Crippen LogP contribution is 2.11. The molecule has 1 atom stereocenters. The number of carbonyl (C=O) groups excluding carboxylic acids is 1. The van der Waals surface area contributed by atoms with Crippen LogP contribution in [0.25, 0.3) is 0 Å². The number of rotatable bonds is 3. The van der Waals surface area contributed by atoms with Gasteiger partial charge in [0.1, 0.15) is 5.76 Å². The highest BCUT2D eigenvalue weighted by molar-refractivity contribution is 7.91. The van der Waals surface area contributed by atoms with Crippen LogP contribution >= 0.6 is 0 Å². The van der Waals surface area contributed by atoms with Gasteiger partial charge in [0.05, 0.1) is 24.2 Å². The standard InChI is InChI=1S/C10H13NO4S/c12-10(6-9-2-1-4-15-9)11-8-3-5-16(13,14)7-8/h1-2,4,8H,3,5-7H2,(H,11,12). The third-order valence-electron chi connectivity index (χ3n) is 2.51. The van der Waals surface area contributed by atoms with Crippen LogP contribution < -0.4 is 5.32 Å². The number of furan rings is 1. The van der Waals surface area contributed by atoms with Crippen molar-refractivity contribution < 1.29 is 17.6 Å². The zero-order valence-corrected chi connectivity index (χ0v) is 9.50. The minimum absolute atomic E-state index is 0.0525. The first-order valence-corrected chi connectivity index (χ1v) is 6.89. The second-order valence-corrected chi connectivity index (χ2v) is 6.15. The predicted molar refractivity (Wildman–Crippen MR) is 57.6 cm³/mol. The SMILES string of the molecule is O=C(Cc1ccco1)NC1CCS(=O)(=O)C1. The topological polar surface area (TPSA) is 76.4 Å². The fourth-order valence-electron chi connectivity index (χ4n) is 1.76. The van der Waals surface area contributed by atoms with Crippen molar-refractivity contribution in [2.24, 2.45) is 0 Å². The molecule has 6 heteroatoms. The van der Waals surface area contributed by atoms with E-state index in [1.165, 1.54) is 6.26 Å². The molecule has 0 radical (unpaired) electrons. The Morgan fingerprint density at radius 2 is 2.38 bits per heavy atom. The highest BCUT2D eigenvalue weighted by atomic mass is 32.2. The average Bonchev–Trinajstić information content (AvgIpc) is 2.76. The van der Waals surface area contributed by atoms with Crippen LogP contribution in [0.15, 0.2) is 22.8 Å². The predicted octanol–water partition coefficient (Wildman–Crippen LogP) is 0.125. The fraction of sp³-hybridized carbons (Fsp3) is 0.500. The summed E-state index contributed by atoms with van der Waals surface area (Å²) in [6, 6.07) is 3.18. The van der Waals surface area contributed by atoms with E-state index in [0.717, 1.165) is 0 Å². The Morgan fingerprint density at radius 3 is 2.94 bits per heavy atom. The van der Waals surface area contributed by atoms with E-state index in [0.29, 0.717) is 12.2 Å². The maximum Gasteiger partial charge on any atom is 0.227 e. The number of hydrogen-bond acceptors (Lipinski definition) is 4. The molecule has 2 heterocycles. The summed E-state index contributed by atoms with van der Waals surface area (Å²) in [5.74, 6) is 0.602. The Hall–Kier alpha value is -1.30. The number of nitrogens with one attached hydrogen (secondary N) is 1. The van der Waals surface area contributed by atoms with Crippen molar-refractivity contribution in [2.75, 3.05) is 11.5 Å². The summed E-state index contributed by atoms with van der Waals surface area (Å²) in [6.07, 6.45) is 2.17. The highest BCUT2D eigenvalue weighted by Gasteiger charge is 2.28. The van der Waals surface area contributed by atoms with Gasteiger partial charge in [0.25, 0.3) is 0 Å². The molecule has 2 rings (SSSR count).